The van der Waals surface area contributed by atoms with Crippen LogP contribution in [-0.2, 0) is 6.54 Å². The van der Waals surface area contributed by atoms with Gasteiger partial charge < -0.3 is 4.98 Å². The number of nitrogens with one attached hydrogen (secondary N) is 2. The van der Waals surface area contributed by atoms with Gasteiger partial charge >= 0.3 is 0 Å². The number of aromatic amines is 2. The molecule has 0 atom stereocenters. The highest BCUT2D eigenvalue weighted by Gasteiger charge is 2.18. The number of halogens is 1. The molecule has 38 heavy (non-hydrogen) atoms. The Morgan fingerprint density at radius 3 is 2.71 bits per heavy atom. The summed E-state index contributed by atoms with van der Waals surface area (Å²) in [6.07, 6.45) is 11.0. The summed E-state index contributed by atoms with van der Waals surface area (Å²) in [7, 11) is 0. The van der Waals surface area contributed by atoms with Gasteiger partial charge in [0.15, 0.2) is 11.5 Å². The van der Waals surface area contributed by atoms with Crippen molar-refractivity contribution in [3.63, 3.8) is 0 Å². The highest BCUT2D eigenvalue weighted by atomic mass is 19.1. The third kappa shape index (κ3) is 4.10. The fourth-order valence-electron chi connectivity index (χ4n) is 5.27. The highest BCUT2D eigenvalue weighted by Crippen LogP contribution is 2.32. The van der Waals surface area contributed by atoms with Crippen molar-refractivity contribution in [1.29, 1.82) is 0 Å². The van der Waals surface area contributed by atoms with Crippen LogP contribution < -0.4 is 0 Å². The van der Waals surface area contributed by atoms with Crippen LogP contribution in [0.15, 0.2) is 67.3 Å². The SMILES string of the molecule is Fc1ccccc1-c1ccnc2nc(-c3n[nH]c4cnc(-c5cncc(CN6CCCCC6)c5)cc34)[nH]c12. The van der Waals surface area contributed by atoms with Crippen LogP contribution in [0, 0.1) is 5.82 Å². The Bertz CT molecular complexity index is 1770. The Kier molecular flexibility index (Phi) is 5.62. The molecule has 1 aliphatic heterocycles. The summed E-state index contributed by atoms with van der Waals surface area (Å²) >= 11 is 0. The van der Waals surface area contributed by atoms with Crippen molar-refractivity contribution in [2.45, 2.75) is 25.8 Å². The van der Waals surface area contributed by atoms with E-state index in [1.54, 1.807) is 30.6 Å². The molecule has 8 nitrogen and oxygen atoms in total. The molecule has 0 bridgehead atoms. The van der Waals surface area contributed by atoms with Gasteiger partial charge in [-0.2, -0.15) is 5.10 Å². The molecule has 9 heteroatoms. The summed E-state index contributed by atoms with van der Waals surface area (Å²) in [5.41, 5.74) is 6.76. The van der Waals surface area contributed by atoms with Crippen molar-refractivity contribution in [2.24, 2.45) is 0 Å². The molecule has 0 saturated carbocycles. The topological polar surface area (TPSA) is 99.3 Å². The first-order valence-electron chi connectivity index (χ1n) is 12.8. The zero-order valence-electron chi connectivity index (χ0n) is 20.7. The van der Waals surface area contributed by atoms with E-state index in [0.29, 0.717) is 33.8 Å². The van der Waals surface area contributed by atoms with Gasteiger partial charge in [0, 0.05) is 47.2 Å². The van der Waals surface area contributed by atoms with E-state index in [2.05, 4.69) is 41.1 Å². The predicted molar refractivity (Wildman–Crippen MR) is 145 cm³/mol. The number of pyridine rings is 3. The summed E-state index contributed by atoms with van der Waals surface area (Å²) in [6.45, 7) is 3.17. The Morgan fingerprint density at radius 2 is 1.82 bits per heavy atom. The van der Waals surface area contributed by atoms with Crippen molar-refractivity contribution >= 4 is 22.1 Å². The molecule has 6 aromatic rings. The van der Waals surface area contributed by atoms with E-state index in [-0.39, 0.29) is 5.82 Å². The molecule has 0 radical (unpaired) electrons. The first kappa shape index (κ1) is 22.7. The second kappa shape index (κ2) is 9.42. The van der Waals surface area contributed by atoms with Crippen molar-refractivity contribution in [2.75, 3.05) is 13.1 Å². The fraction of sp³-hybridized carbons (Fsp3) is 0.207. The lowest BCUT2D eigenvalue weighted by Gasteiger charge is -2.26. The maximum absolute atomic E-state index is 14.6. The van der Waals surface area contributed by atoms with Gasteiger partial charge in [-0.25, -0.2) is 14.4 Å². The minimum atomic E-state index is -0.298. The molecular formula is C29H25FN8. The minimum Gasteiger partial charge on any atom is -0.335 e. The lowest BCUT2D eigenvalue weighted by molar-refractivity contribution is 0.220. The Hall–Kier alpha value is -4.50. The van der Waals surface area contributed by atoms with Gasteiger partial charge in [-0.3, -0.25) is 20.0 Å². The molecule has 188 valence electrons. The Balaban J connectivity index is 1.26. The van der Waals surface area contributed by atoms with Crippen LogP contribution in [0.4, 0.5) is 4.39 Å². The van der Waals surface area contributed by atoms with Gasteiger partial charge in [0.2, 0.25) is 0 Å². The number of aromatic nitrogens is 7. The molecule has 1 saturated heterocycles. The van der Waals surface area contributed by atoms with Crippen LogP contribution in [0.5, 0.6) is 0 Å². The zero-order valence-corrected chi connectivity index (χ0v) is 20.7. The zero-order chi connectivity index (χ0) is 25.5. The van der Waals surface area contributed by atoms with E-state index < -0.39 is 0 Å². The number of hydrogen-bond donors (Lipinski definition) is 2. The summed E-state index contributed by atoms with van der Waals surface area (Å²) in [5, 5.41) is 8.46. The molecule has 7 rings (SSSR count). The minimum absolute atomic E-state index is 0.298. The maximum atomic E-state index is 14.6. The van der Waals surface area contributed by atoms with E-state index in [9.17, 15) is 4.39 Å². The van der Waals surface area contributed by atoms with Crippen LogP contribution in [-0.4, -0.2) is 53.1 Å². The van der Waals surface area contributed by atoms with Gasteiger partial charge in [0.25, 0.3) is 0 Å². The highest BCUT2D eigenvalue weighted by molar-refractivity contribution is 5.96. The predicted octanol–water partition coefficient (Wildman–Crippen LogP) is 5.75. The van der Waals surface area contributed by atoms with Crippen LogP contribution in [0.1, 0.15) is 24.8 Å². The van der Waals surface area contributed by atoms with E-state index in [1.807, 2.05) is 24.5 Å². The normalized spacial score (nSPS) is 14.4. The number of H-pyrrole nitrogens is 2. The average Bonchev–Trinajstić information content (AvgIpc) is 3.58. The second-order valence-corrected chi connectivity index (χ2v) is 9.73. The molecule has 1 fully saturated rings. The number of fused-ring (bicyclic) bond motifs is 2. The Labute approximate surface area is 218 Å². The quantitative estimate of drug-likeness (QED) is 0.310. The number of nitrogens with zero attached hydrogens (tertiary/aromatic N) is 6. The number of piperidine rings is 1. The van der Waals surface area contributed by atoms with Gasteiger partial charge in [0.1, 0.15) is 11.5 Å². The summed E-state index contributed by atoms with van der Waals surface area (Å²) < 4.78 is 14.6. The van der Waals surface area contributed by atoms with E-state index >= 15 is 0 Å². The van der Waals surface area contributed by atoms with Crippen molar-refractivity contribution < 1.29 is 4.39 Å². The molecule has 5 aromatic heterocycles. The Morgan fingerprint density at radius 1 is 0.921 bits per heavy atom. The van der Waals surface area contributed by atoms with E-state index in [0.717, 1.165) is 41.8 Å². The maximum Gasteiger partial charge on any atom is 0.178 e. The van der Waals surface area contributed by atoms with Crippen molar-refractivity contribution in [3.8, 4) is 33.9 Å². The van der Waals surface area contributed by atoms with Crippen LogP contribution in [0.25, 0.3) is 56.0 Å². The van der Waals surface area contributed by atoms with E-state index in [1.165, 1.54) is 30.9 Å². The molecule has 1 aliphatic rings. The van der Waals surface area contributed by atoms with Crippen LogP contribution in [0.2, 0.25) is 0 Å². The van der Waals surface area contributed by atoms with Crippen LogP contribution >= 0.6 is 0 Å². The van der Waals surface area contributed by atoms with Gasteiger partial charge in [0.05, 0.1) is 22.9 Å². The number of rotatable bonds is 5. The summed E-state index contributed by atoms with van der Waals surface area (Å²) in [6, 6.07) is 12.7. The largest absolute Gasteiger partial charge is 0.335 e. The third-order valence-electron chi connectivity index (χ3n) is 7.17. The first-order valence-corrected chi connectivity index (χ1v) is 12.8. The number of imidazole rings is 1. The lowest BCUT2D eigenvalue weighted by atomic mass is 10.1. The first-order chi connectivity index (χ1) is 18.7. The molecule has 0 amide bonds. The standard InChI is InChI=1S/C29H25FN8/c30-23-7-3-2-6-20(23)21-8-9-32-28-26(21)34-29(35-28)27-22-13-24(33-16-25(22)36-37-27)19-12-18(14-31-15-19)17-38-10-4-1-5-11-38/h2-3,6-9,12-16H,1,4-5,10-11,17H2,(H,36,37)(H,32,34,35). The monoisotopic (exact) mass is 504 g/mol. The van der Waals surface area contributed by atoms with Crippen molar-refractivity contribution in [3.05, 3.63) is 78.6 Å². The third-order valence-corrected chi connectivity index (χ3v) is 7.17. The average molecular weight is 505 g/mol. The number of likely N-dealkylation sites (tertiary alicyclic amines) is 1. The molecule has 1 aromatic carbocycles. The molecule has 0 spiro atoms. The number of hydrogen-bond acceptors (Lipinski definition) is 6. The summed E-state index contributed by atoms with van der Waals surface area (Å²) in [5.74, 6) is 0.255. The van der Waals surface area contributed by atoms with Crippen molar-refractivity contribution in [1.82, 2.24) is 40.0 Å². The second-order valence-electron chi connectivity index (χ2n) is 9.73. The molecular weight excluding hydrogens is 479 g/mol. The molecule has 0 unspecified atom stereocenters. The number of benzene rings is 1. The molecule has 6 heterocycles. The molecule has 0 aliphatic carbocycles. The van der Waals surface area contributed by atoms with Gasteiger partial charge in [-0.1, -0.05) is 24.6 Å². The van der Waals surface area contributed by atoms with Crippen LogP contribution in [0.3, 0.4) is 0 Å². The summed E-state index contributed by atoms with van der Waals surface area (Å²) in [4.78, 5) is 24.1. The lowest BCUT2D eigenvalue weighted by Crippen LogP contribution is -2.29. The fourth-order valence-corrected chi connectivity index (χ4v) is 5.27. The van der Waals surface area contributed by atoms with Gasteiger partial charge in [-0.05, 0) is 55.8 Å². The molecule has 2 N–H and O–H groups in total. The van der Waals surface area contributed by atoms with Gasteiger partial charge in [-0.15, -0.1) is 0 Å². The smallest absolute Gasteiger partial charge is 0.178 e. The van der Waals surface area contributed by atoms with E-state index in [4.69, 9.17) is 4.98 Å².